The summed E-state index contributed by atoms with van der Waals surface area (Å²) >= 11 is 0. The van der Waals surface area contributed by atoms with Gasteiger partial charge in [-0.1, -0.05) is 20.8 Å². The van der Waals surface area contributed by atoms with Crippen LogP contribution in [0.15, 0.2) is 36.7 Å². The van der Waals surface area contributed by atoms with Crippen molar-refractivity contribution in [1.82, 2.24) is 9.97 Å². The zero-order valence-electron chi connectivity index (χ0n) is 12.9. The molecule has 0 fully saturated rings. The third-order valence-electron chi connectivity index (χ3n) is 2.72. The minimum Gasteiger partial charge on any atom is -0.397 e. The quantitative estimate of drug-likeness (QED) is 0.786. The molecule has 5 heteroatoms. The van der Waals surface area contributed by atoms with E-state index in [0.717, 1.165) is 11.4 Å². The van der Waals surface area contributed by atoms with E-state index in [2.05, 4.69) is 30.7 Å². The molecular weight excluding hydrogens is 264 g/mol. The fourth-order valence-corrected chi connectivity index (χ4v) is 1.76. The van der Waals surface area contributed by atoms with Crippen LogP contribution in [0.3, 0.4) is 0 Å². The van der Waals surface area contributed by atoms with Gasteiger partial charge in [0, 0.05) is 24.7 Å². The highest BCUT2D eigenvalue weighted by molar-refractivity contribution is 5.96. The topological polar surface area (TPSA) is 94.9 Å². The van der Waals surface area contributed by atoms with Crippen molar-refractivity contribution < 1.29 is 4.79 Å². The average Bonchev–Trinajstić information content (AvgIpc) is 2.39. The molecule has 0 radical (unpaired) electrons. The van der Waals surface area contributed by atoms with E-state index in [1.165, 1.54) is 6.92 Å². The summed E-state index contributed by atoms with van der Waals surface area (Å²) in [4.78, 5) is 18.8. The van der Waals surface area contributed by atoms with E-state index in [1.54, 1.807) is 24.5 Å². The first-order valence-corrected chi connectivity index (χ1v) is 6.66. The minimum atomic E-state index is -0.0990. The van der Waals surface area contributed by atoms with Gasteiger partial charge in [0.05, 0.1) is 17.1 Å². The summed E-state index contributed by atoms with van der Waals surface area (Å²) in [6.45, 7) is 7.75. The number of nitrogens with zero attached hydrogens (tertiary/aromatic N) is 2. The number of hydrogen-bond donors (Lipinski definition) is 2. The fourth-order valence-electron chi connectivity index (χ4n) is 1.76. The zero-order valence-corrected chi connectivity index (χ0v) is 12.9. The first-order chi connectivity index (χ1) is 9.73. The Labute approximate surface area is 125 Å². The highest BCUT2D eigenvalue weighted by Gasteiger charge is 2.17. The van der Waals surface area contributed by atoms with Crippen molar-refractivity contribution in [2.45, 2.75) is 33.1 Å². The van der Waals surface area contributed by atoms with Gasteiger partial charge in [-0.3, -0.25) is 14.8 Å². The molecule has 4 N–H and O–H groups in total. The van der Waals surface area contributed by atoms with E-state index in [1.807, 2.05) is 12.1 Å². The second-order valence-electron chi connectivity index (χ2n) is 5.69. The predicted molar refractivity (Wildman–Crippen MR) is 86.0 cm³/mol. The lowest BCUT2D eigenvalue weighted by molar-refractivity contribution is 0.101. The van der Waals surface area contributed by atoms with Gasteiger partial charge in [0.1, 0.15) is 5.69 Å². The summed E-state index contributed by atoms with van der Waals surface area (Å²) in [6, 6.07) is 7.09. The van der Waals surface area contributed by atoms with Gasteiger partial charge in [-0.2, -0.15) is 0 Å². The van der Waals surface area contributed by atoms with Crippen LogP contribution in [0.25, 0.3) is 0 Å². The first-order valence-electron chi connectivity index (χ1n) is 6.66. The monoisotopic (exact) mass is 286 g/mol. The zero-order chi connectivity index (χ0) is 16.0. The van der Waals surface area contributed by atoms with Crippen LogP contribution in [0.2, 0.25) is 0 Å². The van der Waals surface area contributed by atoms with E-state index in [0.29, 0.717) is 11.4 Å². The molecule has 2 aromatic heterocycles. The molecule has 0 aliphatic carbocycles. The van der Waals surface area contributed by atoms with Crippen LogP contribution >= 0.6 is 0 Å². The Hall–Kier alpha value is -2.43. The van der Waals surface area contributed by atoms with Gasteiger partial charge < -0.3 is 11.5 Å². The molecule has 21 heavy (non-hydrogen) atoms. The van der Waals surface area contributed by atoms with Crippen molar-refractivity contribution in [1.29, 1.82) is 0 Å². The molecule has 0 amide bonds. The number of nitrogens with two attached hydrogens (primary N) is 2. The smallest absolute Gasteiger partial charge is 0.180 e. The minimum absolute atomic E-state index is 0.0470. The number of pyridine rings is 2. The Morgan fingerprint density at radius 2 is 1.52 bits per heavy atom. The highest BCUT2D eigenvalue weighted by atomic mass is 16.1. The van der Waals surface area contributed by atoms with Crippen LogP contribution in [0, 0.1) is 0 Å². The molecule has 2 heterocycles. The Kier molecular flexibility index (Phi) is 5.41. The molecule has 2 aromatic rings. The molecule has 0 saturated heterocycles. The van der Waals surface area contributed by atoms with Crippen LogP contribution in [-0.4, -0.2) is 15.8 Å². The molecule has 0 spiro atoms. The second kappa shape index (κ2) is 6.83. The van der Waals surface area contributed by atoms with Crippen molar-refractivity contribution in [2.75, 3.05) is 11.5 Å². The SMILES string of the molecule is CC(=O)c1ncccc1N.CC(C)(C)c1ncccc1N. The van der Waals surface area contributed by atoms with Crippen LogP contribution in [0.4, 0.5) is 11.4 Å². The molecule has 0 bridgehead atoms. The number of aromatic nitrogens is 2. The second-order valence-corrected chi connectivity index (χ2v) is 5.69. The van der Waals surface area contributed by atoms with Crippen LogP contribution in [-0.2, 0) is 5.41 Å². The summed E-state index contributed by atoms with van der Waals surface area (Å²) < 4.78 is 0. The van der Waals surface area contributed by atoms with Crippen LogP contribution in [0.1, 0.15) is 43.9 Å². The molecule has 0 aromatic carbocycles. The number of anilines is 2. The number of rotatable bonds is 1. The maximum Gasteiger partial charge on any atom is 0.180 e. The maximum absolute atomic E-state index is 10.7. The number of carbonyl (C=O) groups excluding carboxylic acids is 1. The molecule has 0 unspecified atom stereocenters. The molecular formula is C16H22N4O. The number of hydrogen-bond acceptors (Lipinski definition) is 5. The molecule has 2 rings (SSSR count). The van der Waals surface area contributed by atoms with E-state index in [4.69, 9.17) is 11.5 Å². The number of carbonyl (C=O) groups is 1. The Bertz CT molecular complexity index is 618. The van der Waals surface area contributed by atoms with E-state index < -0.39 is 0 Å². The highest BCUT2D eigenvalue weighted by Crippen LogP contribution is 2.24. The Morgan fingerprint density at radius 1 is 1.00 bits per heavy atom. The summed E-state index contributed by atoms with van der Waals surface area (Å²) in [5, 5.41) is 0. The molecule has 0 saturated carbocycles. The number of Topliss-reactive ketones (excluding diaryl/α,β-unsaturated/α-hetero) is 1. The summed E-state index contributed by atoms with van der Waals surface area (Å²) in [6.07, 6.45) is 3.32. The van der Waals surface area contributed by atoms with Crippen molar-refractivity contribution in [2.24, 2.45) is 0 Å². The lowest BCUT2D eigenvalue weighted by Gasteiger charge is -2.18. The van der Waals surface area contributed by atoms with Gasteiger partial charge >= 0.3 is 0 Å². The van der Waals surface area contributed by atoms with Gasteiger partial charge in [0.2, 0.25) is 0 Å². The Morgan fingerprint density at radius 3 is 1.86 bits per heavy atom. The van der Waals surface area contributed by atoms with Crippen molar-refractivity contribution in [3.8, 4) is 0 Å². The lowest BCUT2D eigenvalue weighted by atomic mass is 9.90. The molecule has 5 nitrogen and oxygen atoms in total. The lowest BCUT2D eigenvalue weighted by Crippen LogP contribution is -2.15. The standard InChI is InChI=1S/C9H14N2.C7H8N2O/c1-9(2,3)8-7(10)5-4-6-11-8;1-5(10)7-6(8)3-2-4-9-7/h4-6H,10H2,1-3H3;2-4H,8H2,1H3. The predicted octanol–water partition coefficient (Wildman–Crippen LogP) is 2.83. The molecule has 0 aliphatic rings. The van der Waals surface area contributed by atoms with Gasteiger partial charge in [-0.15, -0.1) is 0 Å². The number of nitrogen functional groups attached to an aromatic ring is 2. The van der Waals surface area contributed by atoms with E-state index in [-0.39, 0.29) is 11.2 Å². The van der Waals surface area contributed by atoms with Gasteiger partial charge in [-0.25, -0.2) is 0 Å². The number of ketones is 1. The summed E-state index contributed by atoms with van der Waals surface area (Å²) in [5.41, 5.74) is 13.8. The molecule has 0 atom stereocenters. The average molecular weight is 286 g/mol. The molecule has 0 aliphatic heterocycles. The first kappa shape index (κ1) is 16.6. The normalized spacial score (nSPS) is 10.5. The van der Waals surface area contributed by atoms with Gasteiger partial charge in [-0.05, 0) is 24.3 Å². The van der Waals surface area contributed by atoms with Crippen LogP contribution in [0.5, 0.6) is 0 Å². The fraction of sp³-hybridized carbons (Fsp3) is 0.312. The summed E-state index contributed by atoms with van der Waals surface area (Å²) in [5.74, 6) is -0.0990. The summed E-state index contributed by atoms with van der Waals surface area (Å²) in [7, 11) is 0. The van der Waals surface area contributed by atoms with Crippen molar-refractivity contribution in [3.05, 3.63) is 48.0 Å². The van der Waals surface area contributed by atoms with E-state index >= 15 is 0 Å². The van der Waals surface area contributed by atoms with Crippen molar-refractivity contribution >= 4 is 17.2 Å². The van der Waals surface area contributed by atoms with Gasteiger partial charge in [0.25, 0.3) is 0 Å². The van der Waals surface area contributed by atoms with Gasteiger partial charge in [0.15, 0.2) is 5.78 Å². The van der Waals surface area contributed by atoms with E-state index in [9.17, 15) is 4.79 Å². The third kappa shape index (κ3) is 4.87. The maximum atomic E-state index is 10.7. The largest absolute Gasteiger partial charge is 0.397 e. The van der Waals surface area contributed by atoms with Crippen molar-refractivity contribution in [3.63, 3.8) is 0 Å². The Balaban J connectivity index is 0.000000211. The van der Waals surface area contributed by atoms with Crippen LogP contribution < -0.4 is 11.5 Å². The third-order valence-corrected chi connectivity index (χ3v) is 2.72. The molecule has 112 valence electrons.